The van der Waals surface area contributed by atoms with Crippen LogP contribution in [0.4, 0.5) is 5.69 Å². The van der Waals surface area contributed by atoms with Gasteiger partial charge in [0.25, 0.3) is 0 Å². The number of benzene rings is 2. The maximum absolute atomic E-state index is 12.8. The van der Waals surface area contributed by atoms with Gasteiger partial charge in [-0.2, -0.15) is 0 Å². The van der Waals surface area contributed by atoms with Crippen LogP contribution in [0.3, 0.4) is 0 Å². The molecular weight excluding hydrogens is 304 g/mol. The van der Waals surface area contributed by atoms with Gasteiger partial charge in [-0.25, -0.2) is 0 Å². The number of rotatable bonds is 5. The highest BCUT2D eigenvalue weighted by molar-refractivity contribution is 6.30. The lowest BCUT2D eigenvalue weighted by Crippen LogP contribution is -2.24. The minimum absolute atomic E-state index is 0.0653. The van der Waals surface area contributed by atoms with E-state index in [1.807, 2.05) is 0 Å². The van der Waals surface area contributed by atoms with Gasteiger partial charge < -0.3 is 10.6 Å². The lowest BCUT2D eigenvalue weighted by atomic mass is 9.83. The van der Waals surface area contributed by atoms with E-state index in [0.29, 0.717) is 41.0 Å². The Morgan fingerprint density at radius 3 is 2.25 bits per heavy atom. The van der Waals surface area contributed by atoms with Crippen molar-refractivity contribution < 1.29 is 14.4 Å². The van der Waals surface area contributed by atoms with Gasteiger partial charge >= 0.3 is 0 Å². The molecule has 5 nitrogen and oxygen atoms in total. The standard InChI is InChI=1S/C19H18N2O3/c1-12(22)20-10-5-11-21-16-9-4-8-15-17(16)19(24)14-7-3-2-6-13(14)18(15)23/h2-4,6-9,21H,5,10-11H2,1H3,(H,20,22). The van der Waals surface area contributed by atoms with Crippen molar-refractivity contribution in [3.63, 3.8) is 0 Å². The molecule has 1 aliphatic rings. The number of hydrogen-bond donors (Lipinski definition) is 2. The van der Waals surface area contributed by atoms with E-state index in [4.69, 9.17) is 0 Å². The van der Waals surface area contributed by atoms with Gasteiger partial charge in [-0.05, 0) is 12.5 Å². The molecule has 0 atom stereocenters. The van der Waals surface area contributed by atoms with Gasteiger partial charge in [-0.3, -0.25) is 14.4 Å². The Morgan fingerprint density at radius 1 is 0.875 bits per heavy atom. The third-order valence-electron chi connectivity index (χ3n) is 4.00. The summed E-state index contributed by atoms with van der Waals surface area (Å²) in [6.07, 6.45) is 0.724. The molecule has 1 aliphatic carbocycles. The van der Waals surface area contributed by atoms with Crippen LogP contribution in [0.5, 0.6) is 0 Å². The summed E-state index contributed by atoms with van der Waals surface area (Å²) in [5.74, 6) is -0.322. The molecule has 0 unspecified atom stereocenters. The summed E-state index contributed by atoms with van der Waals surface area (Å²) in [5.41, 5.74) is 2.43. The van der Waals surface area contributed by atoms with Crippen LogP contribution in [0.25, 0.3) is 0 Å². The van der Waals surface area contributed by atoms with Crippen LogP contribution < -0.4 is 10.6 Å². The second-order valence-corrected chi connectivity index (χ2v) is 5.70. The van der Waals surface area contributed by atoms with E-state index in [2.05, 4.69) is 10.6 Å². The topological polar surface area (TPSA) is 75.3 Å². The van der Waals surface area contributed by atoms with Crippen molar-refractivity contribution in [2.45, 2.75) is 13.3 Å². The van der Waals surface area contributed by atoms with Crippen LogP contribution in [0.2, 0.25) is 0 Å². The molecule has 0 aromatic heterocycles. The Balaban J connectivity index is 1.83. The first-order valence-corrected chi connectivity index (χ1v) is 7.89. The van der Waals surface area contributed by atoms with Crippen LogP contribution >= 0.6 is 0 Å². The first-order chi connectivity index (χ1) is 11.6. The van der Waals surface area contributed by atoms with E-state index < -0.39 is 0 Å². The third-order valence-corrected chi connectivity index (χ3v) is 4.00. The Morgan fingerprint density at radius 2 is 1.54 bits per heavy atom. The Bertz CT molecular complexity index is 827. The van der Waals surface area contributed by atoms with Gasteiger partial charge in [-0.15, -0.1) is 0 Å². The number of carbonyl (C=O) groups is 3. The van der Waals surface area contributed by atoms with E-state index in [0.717, 1.165) is 6.42 Å². The zero-order valence-electron chi connectivity index (χ0n) is 13.4. The second-order valence-electron chi connectivity index (χ2n) is 5.70. The molecule has 5 heteroatoms. The summed E-state index contributed by atoms with van der Waals surface area (Å²) in [6, 6.07) is 12.2. The van der Waals surface area contributed by atoms with Gasteiger partial charge in [0.05, 0.1) is 5.56 Å². The Kier molecular flexibility index (Phi) is 4.42. The van der Waals surface area contributed by atoms with Gasteiger partial charge in [0.1, 0.15) is 0 Å². The average molecular weight is 322 g/mol. The quantitative estimate of drug-likeness (QED) is 0.707. The largest absolute Gasteiger partial charge is 0.384 e. The summed E-state index contributed by atoms with van der Waals surface area (Å²) in [4.78, 5) is 36.3. The van der Waals surface area contributed by atoms with Gasteiger partial charge in [-0.1, -0.05) is 36.4 Å². The van der Waals surface area contributed by atoms with Crippen molar-refractivity contribution in [3.8, 4) is 0 Å². The predicted molar refractivity (Wildman–Crippen MR) is 91.5 cm³/mol. The number of fused-ring (bicyclic) bond motifs is 2. The molecule has 0 saturated heterocycles. The molecule has 0 saturated carbocycles. The molecule has 2 N–H and O–H groups in total. The van der Waals surface area contributed by atoms with Crippen LogP contribution in [-0.2, 0) is 4.79 Å². The second kappa shape index (κ2) is 6.66. The predicted octanol–water partition coefficient (Wildman–Crippen LogP) is 2.40. The monoisotopic (exact) mass is 322 g/mol. The van der Waals surface area contributed by atoms with E-state index in [9.17, 15) is 14.4 Å². The van der Waals surface area contributed by atoms with Crippen LogP contribution in [0.1, 0.15) is 45.2 Å². The number of hydrogen-bond acceptors (Lipinski definition) is 4. The van der Waals surface area contributed by atoms with E-state index in [-0.39, 0.29) is 17.5 Å². The average Bonchev–Trinajstić information content (AvgIpc) is 2.59. The maximum Gasteiger partial charge on any atom is 0.216 e. The summed E-state index contributed by atoms with van der Waals surface area (Å²) in [6.45, 7) is 2.63. The SMILES string of the molecule is CC(=O)NCCCNc1cccc2c1C(=O)c1ccccc1C2=O. The van der Waals surface area contributed by atoms with Gasteiger partial charge in [0.15, 0.2) is 11.6 Å². The molecule has 0 fully saturated rings. The minimum Gasteiger partial charge on any atom is -0.384 e. The first kappa shape index (κ1) is 15.9. The summed E-state index contributed by atoms with van der Waals surface area (Å²) in [7, 11) is 0. The van der Waals surface area contributed by atoms with Gasteiger partial charge in [0.2, 0.25) is 5.91 Å². The van der Waals surface area contributed by atoms with Crippen molar-refractivity contribution in [1.82, 2.24) is 5.32 Å². The maximum atomic E-state index is 12.8. The molecule has 0 spiro atoms. The van der Waals surface area contributed by atoms with Gasteiger partial charge in [0, 0.05) is 42.4 Å². The summed E-state index contributed by atoms with van der Waals surface area (Å²) in [5, 5.41) is 5.93. The third kappa shape index (κ3) is 2.93. The fourth-order valence-corrected chi connectivity index (χ4v) is 2.87. The number of ketones is 2. The molecule has 1 amide bonds. The Labute approximate surface area is 140 Å². The zero-order valence-corrected chi connectivity index (χ0v) is 13.4. The van der Waals surface area contributed by atoms with E-state index >= 15 is 0 Å². The number of anilines is 1. The first-order valence-electron chi connectivity index (χ1n) is 7.89. The molecular formula is C19H18N2O3. The summed E-state index contributed by atoms with van der Waals surface area (Å²) < 4.78 is 0. The van der Waals surface area contributed by atoms with Crippen molar-refractivity contribution in [2.75, 3.05) is 18.4 Å². The van der Waals surface area contributed by atoms with Crippen molar-refractivity contribution in [1.29, 1.82) is 0 Å². The van der Waals surface area contributed by atoms with E-state index in [1.165, 1.54) is 6.92 Å². The molecule has 2 aromatic carbocycles. The highest BCUT2D eigenvalue weighted by Gasteiger charge is 2.31. The van der Waals surface area contributed by atoms with Crippen molar-refractivity contribution in [3.05, 3.63) is 64.7 Å². The lowest BCUT2D eigenvalue weighted by molar-refractivity contribution is -0.118. The Hall–Kier alpha value is -2.95. The van der Waals surface area contributed by atoms with E-state index in [1.54, 1.807) is 42.5 Å². The minimum atomic E-state index is -0.134. The molecule has 0 aliphatic heterocycles. The molecule has 122 valence electrons. The fraction of sp³-hybridized carbons (Fsp3) is 0.211. The van der Waals surface area contributed by atoms with Crippen LogP contribution in [0, 0.1) is 0 Å². The van der Waals surface area contributed by atoms with Crippen molar-refractivity contribution >= 4 is 23.2 Å². The highest BCUT2D eigenvalue weighted by Crippen LogP contribution is 2.31. The summed E-state index contributed by atoms with van der Waals surface area (Å²) >= 11 is 0. The molecule has 0 heterocycles. The van der Waals surface area contributed by atoms with Crippen LogP contribution in [-0.4, -0.2) is 30.6 Å². The number of nitrogens with one attached hydrogen (secondary N) is 2. The molecule has 3 rings (SSSR count). The smallest absolute Gasteiger partial charge is 0.216 e. The molecule has 24 heavy (non-hydrogen) atoms. The number of carbonyl (C=O) groups excluding carboxylic acids is 3. The van der Waals surface area contributed by atoms with Crippen LogP contribution in [0.15, 0.2) is 42.5 Å². The molecule has 2 aromatic rings. The number of amides is 1. The molecule has 0 bridgehead atoms. The zero-order chi connectivity index (χ0) is 17.1. The lowest BCUT2D eigenvalue weighted by Gasteiger charge is -2.20. The van der Waals surface area contributed by atoms with Crippen molar-refractivity contribution in [2.24, 2.45) is 0 Å². The fourth-order valence-electron chi connectivity index (χ4n) is 2.87. The normalized spacial score (nSPS) is 12.4. The highest BCUT2D eigenvalue weighted by atomic mass is 16.1. The molecule has 0 radical (unpaired) electrons.